The monoisotopic (exact) mass is 296 g/mol. The molecule has 0 aromatic heterocycles. The van der Waals surface area contributed by atoms with Gasteiger partial charge in [0.25, 0.3) is 0 Å². The van der Waals surface area contributed by atoms with Crippen LogP contribution in [0.3, 0.4) is 0 Å². The quantitative estimate of drug-likeness (QED) is 0.796. The van der Waals surface area contributed by atoms with Crippen molar-refractivity contribution in [2.24, 2.45) is 0 Å². The normalized spacial score (nSPS) is 16.1. The van der Waals surface area contributed by atoms with Crippen molar-refractivity contribution in [1.82, 2.24) is 5.32 Å². The second kappa shape index (κ2) is 5.71. The first-order chi connectivity index (χ1) is 9.46. The summed E-state index contributed by atoms with van der Waals surface area (Å²) in [5.41, 5.74) is 0.402. The van der Waals surface area contributed by atoms with E-state index in [2.05, 4.69) is 17.6 Å². The van der Waals surface area contributed by atoms with Crippen LogP contribution in [0.25, 0.3) is 0 Å². The van der Waals surface area contributed by atoms with Gasteiger partial charge in [-0.2, -0.15) is 0 Å². The molecule has 1 aromatic rings. The van der Waals surface area contributed by atoms with E-state index in [1.807, 2.05) is 0 Å². The fourth-order valence-electron chi connectivity index (χ4n) is 2.34. The molecule has 1 aliphatic rings. The smallest absolute Gasteiger partial charge is 0.337 e. The Hall–Kier alpha value is -1.75. The Morgan fingerprint density at radius 2 is 2.10 bits per heavy atom. The van der Waals surface area contributed by atoms with Crippen LogP contribution in [0.1, 0.15) is 43.0 Å². The van der Waals surface area contributed by atoms with E-state index in [-0.39, 0.29) is 22.2 Å². The van der Waals surface area contributed by atoms with Crippen molar-refractivity contribution in [1.29, 1.82) is 0 Å². The summed E-state index contributed by atoms with van der Waals surface area (Å²) < 4.78 is 0. The topological polar surface area (TPSA) is 78.4 Å². The van der Waals surface area contributed by atoms with Crippen LogP contribution in [0.4, 0.5) is 10.5 Å². The molecule has 0 aliphatic heterocycles. The van der Waals surface area contributed by atoms with E-state index in [4.69, 9.17) is 16.7 Å². The average Bonchev–Trinajstić information content (AvgIpc) is 2.33. The third-order valence-corrected chi connectivity index (χ3v) is 4.14. The van der Waals surface area contributed by atoms with E-state index in [1.165, 1.54) is 18.2 Å². The lowest BCUT2D eigenvalue weighted by Crippen LogP contribution is -2.54. The molecule has 2 amide bonds. The number of hydrogen-bond donors (Lipinski definition) is 3. The van der Waals surface area contributed by atoms with Gasteiger partial charge in [0.05, 0.1) is 10.6 Å². The highest BCUT2D eigenvalue weighted by atomic mass is 35.5. The van der Waals surface area contributed by atoms with Gasteiger partial charge in [-0.25, -0.2) is 9.59 Å². The zero-order chi connectivity index (χ0) is 14.8. The Morgan fingerprint density at radius 1 is 1.40 bits per heavy atom. The van der Waals surface area contributed by atoms with Crippen molar-refractivity contribution < 1.29 is 14.7 Å². The molecule has 0 bridgehead atoms. The molecule has 0 unspecified atom stereocenters. The number of urea groups is 1. The number of nitrogens with one attached hydrogen (secondary N) is 2. The third-order valence-electron chi connectivity index (χ3n) is 3.82. The number of aromatic carboxylic acids is 1. The predicted octanol–water partition coefficient (Wildman–Crippen LogP) is 3.49. The minimum absolute atomic E-state index is 0.0154. The Labute approximate surface area is 122 Å². The molecule has 1 aliphatic carbocycles. The second-order valence-electron chi connectivity index (χ2n) is 5.07. The van der Waals surface area contributed by atoms with Crippen molar-refractivity contribution in [3.63, 3.8) is 0 Å². The fraction of sp³-hybridized carbons (Fsp3) is 0.429. The maximum Gasteiger partial charge on any atom is 0.337 e. The van der Waals surface area contributed by atoms with Crippen molar-refractivity contribution in [3.05, 3.63) is 28.8 Å². The van der Waals surface area contributed by atoms with Crippen LogP contribution in [0.2, 0.25) is 5.02 Å². The Balaban J connectivity index is 2.01. The molecule has 1 saturated carbocycles. The molecule has 0 spiro atoms. The van der Waals surface area contributed by atoms with Crippen LogP contribution in [-0.4, -0.2) is 22.6 Å². The first-order valence-corrected chi connectivity index (χ1v) is 6.95. The summed E-state index contributed by atoms with van der Waals surface area (Å²) in [5, 5.41) is 14.6. The summed E-state index contributed by atoms with van der Waals surface area (Å²) in [6.45, 7) is 2.05. The molecule has 108 valence electrons. The number of carbonyl (C=O) groups excluding carboxylic acids is 1. The molecule has 0 radical (unpaired) electrons. The van der Waals surface area contributed by atoms with Crippen molar-refractivity contribution >= 4 is 29.3 Å². The summed E-state index contributed by atoms with van der Waals surface area (Å²) >= 11 is 5.85. The van der Waals surface area contributed by atoms with Crippen LogP contribution >= 0.6 is 11.6 Å². The molecule has 5 nitrogen and oxygen atoms in total. The Bertz CT molecular complexity index is 536. The van der Waals surface area contributed by atoms with Gasteiger partial charge in [-0.3, -0.25) is 0 Å². The highest BCUT2D eigenvalue weighted by Crippen LogP contribution is 2.34. The van der Waals surface area contributed by atoms with Gasteiger partial charge in [0.1, 0.15) is 0 Å². The lowest BCUT2D eigenvalue weighted by Gasteiger charge is -2.41. The summed E-state index contributed by atoms with van der Waals surface area (Å²) in [6.07, 6.45) is 4.03. The molecular weight excluding hydrogens is 280 g/mol. The van der Waals surface area contributed by atoms with Crippen LogP contribution in [-0.2, 0) is 0 Å². The van der Waals surface area contributed by atoms with Gasteiger partial charge in [0, 0.05) is 11.2 Å². The first-order valence-electron chi connectivity index (χ1n) is 6.58. The van der Waals surface area contributed by atoms with E-state index in [0.29, 0.717) is 5.69 Å². The number of anilines is 1. The fourth-order valence-corrected chi connectivity index (χ4v) is 2.60. The van der Waals surface area contributed by atoms with E-state index in [9.17, 15) is 9.59 Å². The van der Waals surface area contributed by atoms with Crippen molar-refractivity contribution in [2.45, 2.75) is 38.1 Å². The van der Waals surface area contributed by atoms with Gasteiger partial charge < -0.3 is 15.7 Å². The number of benzene rings is 1. The van der Waals surface area contributed by atoms with Gasteiger partial charge >= 0.3 is 12.0 Å². The Kier molecular flexibility index (Phi) is 4.18. The average molecular weight is 297 g/mol. The number of carboxylic acid groups (broad SMARTS) is 1. The van der Waals surface area contributed by atoms with Gasteiger partial charge in [0.2, 0.25) is 0 Å². The van der Waals surface area contributed by atoms with E-state index >= 15 is 0 Å². The third kappa shape index (κ3) is 3.04. The van der Waals surface area contributed by atoms with Gasteiger partial charge in [-0.1, -0.05) is 18.5 Å². The molecule has 0 atom stereocenters. The minimum Gasteiger partial charge on any atom is -0.478 e. The number of halogens is 1. The lowest BCUT2D eigenvalue weighted by atomic mass is 9.75. The molecule has 0 heterocycles. The van der Waals surface area contributed by atoms with Crippen LogP contribution < -0.4 is 10.6 Å². The highest BCUT2D eigenvalue weighted by molar-refractivity contribution is 6.33. The molecule has 2 rings (SSSR count). The van der Waals surface area contributed by atoms with Gasteiger partial charge in [-0.05, 0) is 43.9 Å². The van der Waals surface area contributed by atoms with Crippen LogP contribution in [0.5, 0.6) is 0 Å². The zero-order valence-electron chi connectivity index (χ0n) is 11.2. The van der Waals surface area contributed by atoms with E-state index in [0.717, 1.165) is 25.7 Å². The summed E-state index contributed by atoms with van der Waals surface area (Å²) in [7, 11) is 0. The summed E-state index contributed by atoms with van der Waals surface area (Å²) in [5.74, 6) is -1.09. The maximum atomic E-state index is 11.9. The molecule has 1 fully saturated rings. The second-order valence-corrected chi connectivity index (χ2v) is 5.47. The number of rotatable bonds is 4. The summed E-state index contributed by atoms with van der Waals surface area (Å²) in [6, 6.07) is 4.04. The number of hydrogen-bond acceptors (Lipinski definition) is 2. The predicted molar refractivity (Wildman–Crippen MR) is 77.4 cm³/mol. The van der Waals surface area contributed by atoms with Gasteiger partial charge in [-0.15, -0.1) is 0 Å². The largest absolute Gasteiger partial charge is 0.478 e. The minimum atomic E-state index is -1.09. The number of carboxylic acids is 1. The molecule has 3 N–H and O–H groups in total. The first kappa shape index (κ1) is 14.7. The molecule has 0 saturated heterocycles. The van der Waals surface area contributed by atoms with Crippen LogP contribution in [0, 0.1) is 0 Å². The number of amides is 2. The lowest BCUT2D eigenvalue weighted by molar-refractivity contribution is 0.0697. The van der Waals surface area contributed by atoms with Gasteiger partial charge in [0.15, 0.2) is 0 Å². The van der Waals surface area contributed by atoms with Crippen molar-refractivity contribution in [2.75, 3.05) is 5.32 Å². The molecule has 1 aromatic carbocycles. The van der Waals surface area contributed by atoms with E-state index < -0.39 is 5.97 Å². The Morgan fingerprint density at radius 3 is 2.55 bits per heavy atom. The van der Waals surface area contributed by atoms with Crippen molar-refractivity contribution in [3.8, 4) is 0 Å². The summed E-state index contributed by atoms with van der Waals surface area (Å²) in [4.78, 5) is 22.8. The standard InChI is InChI=1S/C14H17ClN2O3/c1-2-14(6-3-7-14)17-13(20)16-9-4-5-10(12(18)19)11(15)8-9/h4-5,8H,2-3,6-7H2,1H3,(H,18,19)(H2,16,17,20). The molecule has 20 heavy (non-hydrogen) atoms. The zero-order valence-corrected chi connectivity index (χ0v) is 12.0. The molecular formula is C14H17ClN2O3. The highest BCUT2D eigenvalue weighted by Gasteiger charge is 2.36. The SMILES string of the molecule is CCC1(NC(=O)Nc2ccc(C(=O)O)c(Cl)c2)CCC1. The van der Waals surface area contributed by atoms with E-state index in [1.54, 1.807) is 0 Å². The maximum absolute atomic E-state index is 11.9. The molecule has 6 heteroatoms. The number of carbonyl (C=O) groups is 2. The van der Waals surface area contributed by atoms with Crippen LogP contribution in [0.15, 0.2) is 18.2 Å².